The maximum Gasteiger partial charge on any atom is 0.144 e. The number of halogens is 1. The SMILES string of the molecule is N#Cc1ccc(OCC(O)CN2CCC(C(O)(c3ccccc3)c3ccccc3)CC2)cc1F. The molecule has 0 spiro atoms. The van der Waals surface area contributed by atoms with Crippen LogP contribution in [0.5, 0.6) is 5.75 Å². The predicted molar refractivity (Wildman–Crippen MR) is 128 cm³/mol. The Balaban J connectivity index is 1.35. The Morgan fingerprint density at radius 1 is 1.00 bits per heavy atom. The number of hydrogen-bond acceptors (Lipinski definition) is 5. The zero-order valence-electron chi connectivity index (χ0n) is 19.0. The summed E-state index contributed by atoms with van der Waals surface area (Å²) in [5, 5.41) is 31.2. The minimum atomic E-state index is -1.07. The Kier molecular flexibility index (Phi) is 7.59. The van der Waals surface area contributed by atoms with Crippen LogP contribution in [0.4, 0.5) is 4.39 Å². The van der Waals surface area contributed by atoms with E-state index in [0.29, 0.717) is 6.54 Å². The Hall–Kier alpha value is -3.24. The van der Waals surface area contributed by atoms with Crippen LogP contribution in [0.2, 0.25) is 0 Å². The minimum Gasteiger partial charge on any atom is -0.491 e. The van der Waals surface area contributed by atoms with E-state index in [1.807, 2.05) is 60.7 Å². The normalized spacial score (nSPS) is 16.1. The summed E-state index contributed by atoms with van der Waals surface area (Å²) in [6, 6.07) is 25.4. The van der Waals surface area contributed by atoms with Crippen LogP contribution in [0, 0.1) is 23.1 Å². The van der Waals surface area contributed by atoms with Crippen molar-refractivity contribution in [3.63, 3.8) is 0 Å². The fourth-order valence-corrected chi connectivity index (χ4v) is 4.78. The molecule has 0 aliphatic carbocycles. The highest BCUT2D eigenvalue weighted by Crippen LogP contribution is 2.41. The first-order valence-corrected chi connectivity index (χ1v) is 11.6. The van der Waals surface area contributed by atoms with Crippen molar-refractivity contribution in [3.05, 3.63) is 101 Å². The molecule has 3 aromatic rings. The van der Waals surface area contributed by atoms with Gasteiger partial charge in [-0.05, 0) is 55.1 Å². The lowest BCUT2D eigenvalue weighted by atomic mass is 9.72. The van der Waals surface area contributed by atoms with Gasteiger partial charge in [0.15, 0.2) is 0 Å². The van der Waals surface area contributed by atoms with Crippen molar-refractivity contribution in [1.82, 2.24) is 4.90 Å². The van der Waals surface area contributed by atoms with Crippen LogP contribution in [0.1, 0.15) is 29.5 Å². The fourth-order valence-electron chi connectivity index (χ4n) is 4.78. The minimum absolute atomic E-state index is 0.0310. The van der Waals surface area contributed by atoms with Crippen LogP contribution >= 0.6 is 0 Å². The highest BCUT2D eigenvalue weighted by atomic mass is 19.1. The van der Waals surface area contributed by atoms with Gasteiger partial charge in [0.25, 0.3) is 0 Å². The number of aliphatic hydroxyl groups excluding tert-OH is 1. The molecule has 1 fully saturated rings. The van der Waals surface area contributed by atoms with Gasteiger partial charge in [0, 0.05) is 12.6 Å². The zero-order chi connectivity index (χ0) is 24.0. The number of β-amino-alcohol motifs (C(OH)–C–C–N with tert-alkyl or cyclic N) is 1. The van der Waals surface area contributed by atoms with Crippen molar-refractivity contribution < 1.29 is 19.3 Å². The van der Waals surface area contributed by atoms with Crippen molar-refractivity contribution in [2.75, 3.05) is 26.2 Å². The smallest absolute Gasteiger partial charge is 0.144 e. The van der Waals surface area contributed by atoms with E-state index in [2.05, 4.69) is 4.90 Å². The molecule has 1 aliphatic heterocycles. The summed E-state index contributed by atoms with van der Waals surface area (Å²) in [5.41, 5.74) is 0.669. The summed E-state index contributed by atoms with van der Waals surface area (Å²) >= 11 is 0. The topological polar surface area (TPSA) is 76.7 Å². The van der Waals surface area contributed by atoms with Gasteiger partial charge in [-0.25, -0.2) is 4.39 Å². The maximum atomic E-state index is 13.7. The van der Waals surface area contributed by atoms with Crippen molar-refractivity contribution in [2.24, 2.45) is 5.92 Å². The molecule has 0 radical (unpaired) electrons. The number of piperidine rings is 1. The molecule has 0 amide bonds. The summed E-state index contributed by atoms with van der Waals surface area (Å²) in [7, 11) is 0. The average Bonchev–Trinajstić information content (AvgIpc) is 2.88. The van der Waals surface area contributed by atoms with Gasteiger partial charge in [-0.15, -0.1) is 0 Å². The van der Waals surface area contributed by atoms with E-state index in [1.165, 1.54) is 12.1 Å². The number of aliphatic hydroxyl groups is 2. The van der Waals surface area contributed by atoms with Gasteiger partial charge >= 0.3 is 0 Å². The van der Waals surface area contributed by atoms with Crippen molar-refractivity contribution in [2.45, 2.75) is 24.5 Å². The standard InChI is InChI=1S/C28H29FN2O3/c29-27-17-26(12-11-21(27)18-30)34-20-25(32)19-31-15-13-24(14-16-31)28(33,22-7-3-1-4-8-22)23-9-5-2-6-10-23/h1-12,17,24-25,32-33H,13-16,19-20H2. The Bertz CT molecular complexity index is 1070. The first kappa shape index (κ1) is 23.9. The quantitative estimate of drug-likeness (QED) is 0.530. The van der Waals surface area contributed by atoms with Crippen LogP contribution in [-0.2, 0) is 5.60 Å². The number of nitrogens with zero attached hydrogens (tertiary/aromatic N) is 2. The molecule has 1 heterocycles. The molecule has 34 heavy (non-hydrogen) atoms. The Morgan fingerprint density at radius 3 is 2.12 bits per heavy atom. The lowest BCUT2D eigenvalue weighted by Crippen LogP contribution is -2.46. The van der Waals surface area contributed by atoms with Gasteiger partial charge in [-0.3, -0.25) is 0 Å². The number of rotatable bonds is 8. The van der Waals surface area contributed by atoms with Crippen LogP contribution in [-0.4, -0.2) is 47.5 Å². The van der Waals surface area contributed by atoms with E-state index in [4.69, 9.17) is 10.00 Å². The van der Waals surface area contributed by atoms with Gasteiger partial charge in [-0.1, -0.05) is 60.7 Å². The first-order valence-electron chi connectivity index (χ1n) is 11.6. The second-order valence-corrected chi connectivity index (χ2v) is 8.79. The monoisotopic (exact) mass is 460 g/mol. The number of benzene rings is 3. The summed E-state index contributed by atoms with van der Waals surface area (Å²) < 4.78 is 19.2. The highest BCUT2D eigenvalue weighted by Gasteiger charge is 2.41. The molecule has 5 nitrogen and oxygen atoms in total. The largest absolute Gasteiger partial charge is 0.491 e. The van der Waals surface area contributed by atoms with Crippen molar-refractivity contribution >= 4 is 0 Å². The zero-order valence-corrected chi connectivity index (χ0v) is 19.0. The van der Waals surface area contributed by atoms with Gasteiger partial charge in [0.1, 0.15) is 35.9 Å². The predicted octanol–water partition coefficient (Wildman–Crippen LogP) is 4.09. The summed E-state index contributed by atoms with van der Waals surface area (Å²) in [6.45, 7) is 1.95. The molecular formula is C28H29FN2O3. The van der Waals surface area contributed by atoms with E-state index in [1.54, 1.807) is 6.07 Å². The molecule has 0 bridgehead atoms. The molecule has 4 rings (SSSR count). The lowest BCUT2D eigenvalue weighted by molar-refractivity contribution is -0.0222. The van der Waals surface area contributed by atoms with Crippen LogP contribution in [0.15, 0.2) is 78.9 Å². The first-order chi connectivity index (χ1) is 16.5. The van der Waals surface area contributed by atoms with E-state index in [0.717, 1.165) is 43.1 Å². The Labute approximate surface area is 199 Å². The van der Waals surface area contributed by atoms with Crippen LogP contribution < -0.4 is 4.74 Å². The summed E-state index contributed by atoms with van der Waals surface area (Å²) in [6.07, 6.45) is 0.834. The molecule has 1 saturated heterocycles. The molecule has 3 aromatic carbocycles. The van der Waals surface area contributed by atoms with E-state index in [9.17, 15) is 14.6 Å². The van der Waals surface area contributed by atoms with Gasteiger partial charge in [-0.2, -0.15) is 5.26 Å². The van der Waals surface area contributed by atoms with Crippen LogP contribution in [0.3, 0.4) is 0 Å². The molecule has 1 aliphatic rings. The van der Waals surface area contributed by atoms with E-state index >= 15 is 0 Å². The number of nitriles is 1. The molecule has 1 unspecified atom stereocenters. The number of hydrogen-bond donors (Lipinski definition) is 2. The van der Waals surface area contributed by atoms with E-state index in [-0.39, 0.29) is 23.8 Å². The summed E-state index contributed by atoms with van der Waals surface area (Å²) in [4.78, 5) is 2.17. The molecule has 0 saturated carbocycles. The highest BCUT2D eigenvalue weighted by molar-refractivity contribution is 5.37. The van der Waals surface area contributed by atoms with Gasteiger partial charge in [0.05, 0.1) is 5.56 Å². The van der Waals surface area contributed by atoms with Gasteiger partial charge < -0.3 is 19.8 Å². The number of ether oxygens (including phenoxy) is 1. The second kappa shape index (κ2) is 10.8. The van der Waals surface area contributed by atoms with Crippen molar-refractivity contribution in [3.8, 4) is 11.8 Å². The second-order valence-electron chi connectivity index (χ2n) is 8.79. The third kappa shape index (κ3) is 5.28. The molecular weight excluding hydrogens is 431 g/mol. The third-order valence-electron chi connectivity index (χ3n) is 6.58. The molecule has 176 valence electrons. The molecule has 6 heteroatoms. The fraction of sp³-hybridized carbons (Fsp3) is 0.321. The molecule has 2 N–H and O–H groups in total. The lowest BCUT2D eigenvalue weighted by Gasteiger charge is -2.42. The summed E-state index contributed by atoms with van der Waals surface area (Å²) in [5.74, 6) is -0.311. The third-order valence-corrected chi connectivity index (χ3v) is 6.58. The molecule has 0 aromatic heterocycles. The number of likely N-dealkylation sites (tertiary alicyclic amines) is 1. The Morgan fingerprint density at radius 2 is 1.59 bits per heavy atom. The molecule has 1 atom stereocenters. The maximum absolute atomic E-state index is 13.7. The average molecular weight is 461 g/mol. The van der Waals surface area contributed by atoms with E-state index < -0.39 is 17.5 Å². The van der Waals surface area contributed by atoms with Crippen molar-refractivity contribution in [1.29, 1.82) is 5.26 Å². The van der Waals surface area contributed by atoms with Gasteiger partial charge in [0.2, 0.25) is 0 Å². The van der Waals surface area contributed by atoms with Crippen LogP contribution in [0.25, 0.3) is 0 Å².